The van der Waals surface area contributed by atoms with E-state index < -0.39 is 15.9 Å². The molecule has 8 nitrogen and oxygen atoms in total. The summed E-state index contributed by atoms with van der Waals surface area (Å²) >= 11 is 0. The Morgan fingerprint density at radius 3 is 2.57 bits per heavy atom. The van der Waals surface area contributed by atoms with Crippen LogP contribution in [0.5, 0.6) is 0 Å². The van der Waals surface area contributed by atoms with Crippen LogP contribution in [0.4, 0.5) is 11.4 Å². The molecule has 0 radical (unpaired) electrons. The van der Waals surface area contributed by atoms with Gasteiger partial charge in [0.25, 0.3) is 10.0 Å². The standard InChI is InChI=1S/C19H14N4O4S/c24-17(20-12-7-8-13-14(9-12)22-19(25)21-13)10-23-15-5-1-3-11-4-2-6-16(18(11)15)28(23,26)27/h1-9H,10H2,(H,20,24)(H2,21,22,25). The smallest absolute Gasteiger partial charge is 0.323 e. The first kappa shape index (κ1) is 16.6. The zero-order chi connectivity index (χ0) is 19.5. The number of imidazole rings is 1. The lowest BCUT2D eigenvalue weighted by atomic mass is 10.1. The van der Waals surface area contributed by atoms with Crippen molar-refractivity contribution in [3.63, 3.8) is 0 Å². The lowest BCUT2D eigenvalue weighted by Crippen LogP contribution is -2.35. The Balaban J connectivity index is 1.46. The van der Waals surface area contributed by atoms with Gasteiger partial charge in [-0.15, -0.1) is 0 Å². The highest BCUT2D eigenvalue weighted by Crippen LogP contribution is 2.41. The lowest BCUT2D eigenvalue weighted by Gasteiger charge is -2.18. The van der Waals surface area contributed by atoms with Crippen LogP contribution < -0.4 is 15.3 Å². The average molecular weight is 394 g/mol. The van der Waals surface area contributed by atoms with Crippen LogP contribution in [0.3, 0.4) is 0 Å². The van der Waals surface area contributed by atoms with Crippen molar-refractivity contribution in [2.24, 2.45) is 0 Å². The summed E-state index contributed by atoms with van der Waals surface area (Å²) in [7, 11) is -3.80. The second-order valence-electron chi connectivity index (χ2n) is 6.53. The molecule has 5 rings (SSSR count). The molecule has 0 bridgehead atoms. The second-order valence-corrected chi connectivity index (χ2v) is 8.36. The molecule has 1 amide bonds. The minimum absolute atomic E-state index is 0.208. The molecule has 0 atom stereocenters. The summed E-state index contributed by atoms with van der Waals surface area (Å²) in [6, 6.07) is 15.3. The summed E-state index contributed by atoms with van der Waals surface area (Å²) < 4.78 is 27.0. The van der Waals surface area contributed by atoms with Gasteiger partial charge >= 0.3 is 5.69 Å². The number of aromatic nitrogens is 2. The number of nitrogens with zero attached hydrogens (tertiary/aromatic N) is 1. The number of benzene rings is 3. The van der Waals surface area contributed by atoms with Gasteiger partial charge in [-0.3, -0.25) is 9.10 Å². The predicted molar refractivity (Wildman–Crippen MR) is 106 cm³/mol. The number of fused-ring (bicyclic) bond motifs is 1. The van der Waals surface area contributed by atoms with Crippen molar-refractivity contribution in [3.05, 3.63) is 65.1 Å². The molecule has 0 unspecified atom stereocenters. The quantitative estimate of drug-likeness (QED) is 0.494. The fourth-order valence-electron chi connectivity index (χ4n) is 3.57. The predicted octanol–water partition coefficient (Wildman–Crippen LogP) is 2.16. The number of carbonyl (C=O) groups is 1. The first-order chi connectivity index (χ1) is 13.4. The monoisotopic (exact) mass is 394 g/mol. The van der Waals surface area contributed by atoms with E-state index in [0.29, 0.717) is 27.8 Å². The van der Waals surface area contributed by atoms with E-state index in [1.165, 1.54) is 0 Å². The third kappa shape index (κ3) is 2.40. The van der Waals surface area contributed by atoms with Crippen LogP contribution in [0.15, 0.2) is 64.3 Å². The largest absolute Gasteiger partial charge is 0.324 e. The number of H-pyrrole nitrogens is 2. The third-order valence-electron chi connectivity index (χ3n) is 4.77. The highest BCUT2D eigenvalue weighted by Gasteiger charge is 2.36. The number of sulfonamides is 1. The zero-order valence-electron chi connectivity index (χ0n) is 14.4. The molecule has 0 aliphatic carbocycles. The van der Waals surface area contributed by atoms with Crippen molar-refractivity contribution >= 4 is 49.1 Å². The van der Waals surface area contributed by atoms with Crippen LogP contribution >= 0.6 is 0 Å². The van der Waals surface area contributed by atoms with Crippen LogP contribution in [-0.2, 0) is 14.8 Å². The van der Waals surface area contributed by atoms with Crippen molar-refractivity contribution in [2.75, 3.05) is 16.2 Å². The van der Waals surface area contributed by atoms with E-state index in [1.54, 1.807) is 42.5 Å². The minimum Gasteiger partial charge on any atom is -0.324 e. The molecular formula is C19H14N4O4S. The summed E-state index contributed by atoms with van der Waals surface area (Å²) in [5, 5.41) is 4.12. The fraction of sp³-hybridized carbons (Fsp3) is 0.0526. The topological polar surface area (TPSA) is 115 Å². The van der Waals surface area contributed by atoms with E-state index in [2.05, 4.69) is 15.3 Å². The highest BCUT2D eigenvalue weighted by molar-refractivity contribution is 7.93. The molecule has 0 saturated carbocycles. The van der Waals surface area contributed by atoms with Crippen LogP contribution in [0, 0.1) is 0 Å². The number of hydrogen-bond acceptors (Lipinski definition) is 4. The molecule has 2 heterocycles. The molecule has 0 saturated heterocycles. The maximum absolute atomic E-state index is 12.9. The summed E-state index contributed by atoms with van der Waals surface area (Å²) in [6.45, 7) is -0.349. The van der Waals surface area contributed by atoms with Gasteiger partial charge in [-0.1, -0.05) is 24.3 Å². The number of hydrogen-bond donors (Lipinski definition) is 3. The van der Waals surface area contributed by atoms with E-state index in [4.69, 9.17) is 0 Å². The Morgan fingerprint density at radius 1 is 1.00 bits per heavy atom. The van der Waals surface area contributed by atoms with E-state index >= 15 is 0 Å². The molecule has 1 aliphatic heterocycles. The Bertz CT molecular complexity index is 1430. The van der Waals surface area contributed by atoms with Gasteiger partial charge in [0.15, 0.2) is 0 Å². The molecule has 140 valence electrons. The third-order valence-corrected chi connectivity index (χ3v) is 6.57. The molecule has 0 spiro atoms. The van der Waals surface area contributed by atoms with E-state index in [-0.39, 0.29) is 17.1 Å². The van der Waals surface area contributed by atoms with E-state index in [0.717, 1.165) is 9.69 Å². The van der Waals surface area contributed by atoms with Crippen LogP contribution in [-0.4, -0.2) is 30.8 Å². The number of nitrogens with one attached hydrogen (secondary N) is 3. The molecule has 4 aromatic rings. The van der Waals surface area contributed by atoms with Crippen molar-refractivity contribution in [1.29, 1.82) is 0 Å². The molecule has 3 aromatic carbocycles. The van der Waals surface area contributed by atoms with Gasteiger partial charge in [-0.25, -0.2) is 13.2 Å². The van der Waals surface area contributed by atoms with E-state index in [1.807, 2.05) is 12.1 Å². The molecule has 9 heteroatoms. The number of carbonyl (C=O) groups excluding carboxylic acids is 1. The normalized spacial score (nSPS) is 14.6. The summed E-state index contributed by atoms with van der Waals surface area (Å²) in [6.07, 6.45) is 0. The number of aromatic amines is 2. The second kappa shape index (κ2) is 5.70. The molecule has 28 heavy (non-hydrogen) atoms. The Morgan fingerprint density at radius 2 is 1.75 bits per heavy atom. The van der Waals surface area contributed by atoms with Crippen molar-refractivity contribution in [1.82, 2.24) is 9.97 Å². The lowest BCUT2D eigenvalue weighted by molar-refractivity contribution is -0.114. The zero-order valence-corrected chi connectivity index (χ0v) is 15.2. The number of rotatable bonds is 3. The summed E-state index contributed by atoms with van der Waals surface area (Å²) in [5.74, 6) is -0.481. The number of anilines is 2. The van der Waals surface area contributed by atoms with Crippen LogP contribution in [0.1, 0.15) is 0 Å². The van der Waals surface area contributed by atoms with Gasteiger partial charge < -0.3 is 15.3 Å². The minimum atomic E-state index is -3.80. The molecule has 0 fully saturated rings. The molecular weight excluding hydrogens is 380 g/mol. The molecule has 1 aliphatic rings. The van der Waals surface area contributed by atoms with Crippen molar-refractivity contribution in [3.8, 4) is 0 Å². The van der Waals surface area contributed by atoms with Gasteiger partial charge in [0.2, 0.25) is 5.91 Å². The maximum Gasteiger partial charge on any atom is 0.323 e. The Hall–Kier alpha value is -3.59. The van der Waals surface area contributed by atoms with Crippen molar-refractivity contribution < 1.29 is 13.2 Å². The van der Waals surface area contributed by atoms with Gasteiger partial charge in [-0.2, -0.15) is 0 Å². The maximum atomic E-state index is 12.9. The highest BCUT2D eigenvalue weighted by atomic mass is 32.2. The van der Waals surface area contributed by atoms with E-state index in [9.17, 15) is 18.0 Å². The first-order valence-corrected chi connectivity index (χ1v) is 9.94. The average Bonchev–Trinajstić information content (AvgIpc) is 3.13. The van der Waals surface area contributed by atoms with Crippen molar-refractivity contribution in [2.45, 2.75) is 4.90 Å². The molecule has 1 aromatic heterocycles. The molecule has 3 N–H and O–H groups in total. The first-order valence-electron chi connectivity index (χ1n) is 8.50. The van der Waals surface area contributed by atoms with Gasteiger partial charge in [0, 0.05) is 11.1 Å². The fourth-order valence-corrected chi connectivity index (χ4v) is 5.24. The van der Waals surface area contributed by atoms with Crippen LogP contribution in [0.2, 0.25) is 0 Å². The van der Waals surface area contributed by atoms with Gasteiger partial charge in [0.1, 0.15) is 6.54 Å². The Labute approximate surface area is 158 Å². The number of amides is 1. The van der Waals surface area contributed by atoms with Crippen LogP contribution in [0.25, 0.3) is 21.8 Å². The summed E-state index contributed by atoms with van der Waals surface area (Å²) in [4.78, 5) is 29.4. The summed E-state index contributed by atoms with van der Waals surface area (Å²) in [5.41, 5.74) is 1.78. The Kier molecular flexibility index (Phi) is 3.37. The SMILES string of the molecule is O=C(CN1c2cccc3cccc(c23)S1(=O)=O)Nc1ccc2[nH]c(=O)[nH]c2c1. The van der Waals surface area contributed by atoms with Gasteiger partial charge in [-0.05, 0) is 35.7 Å². The van der Waals surface area contributed by atoms with Gasteiger partial charge in [0.05, 0.1) is 21.6 Å².